The average Bonchev–Trinajstić information content (AvgIpc) is 3.47. The molecule has 1 heterocycles. The van der Waals surface area contributed by atoms with Crippen LogP contribution in [0.1, 0.15) is 83.1 Å². The Morgan fingerprint density at radius 1 is 1.00 bits per heavy atom. The number of ketones is 1. The Morgan fingerprint density at radius 2 is 1.74 bits per heavy atom. The van der Waals surface area contributed by atoms with Gasteiger partial charge in [-0.05, 0) is 76.8 Å². The van der Waals surface area contributed by atoms with Crippen LogP contribution in [0.15, 0.2) is 30.3 Å². The van der Waals surface area contributed by atoms with Crippen molar-refractivity contribution in [2.75, 3.05) is 26.2 Å². The lowest BCUT2D eigenvalue weighted by atomic mass is 10.0. The first-order valence-electron chi connectivity index (χ1n) is 15.2. The van der Waals surface area contributed by atoms with E-state index in [2.05, 4.69) is 10.6 Å². The zero-order valence-corrected chi connectivity index (χ0v) is 24.9. The summed E-state index contributed by atoms with van der Waals surface area (Å²) in [6, 6.07) is 7.35. The van der Waals surface area contributed by atoms with Crippen LogP contribution in [0.25, 0.3) is 0 Å². The van der Waals surface area contributed by atoms with Crippen LogP contribution >= 0.6 is 0 Å². The molecule has 1 fully saturated rings. The van der Waals surface area contributed by atoms with Gasteiger partial charge < -0.3 is 25.8 Å². The van der Waals surface area contributed by atoms with Gasteiger partial charge in [0.1, 0.15) is 17.9 Å². The largest absolute Gasteiger partial charge is 0.480 e. The first kappa shape index (κ1) is 34.9. The highest BCUT2D eigenvalue weighted by atomic mass is 16.5. The summed E-state index contributed by atoms with van der Waals surface area (Å²) in [7, 11) is 0. The second-order valence-electron chi connectivity index (χ2n) is 10.7. The van der Waals surface area contributed by atoms with Crippen molar-refractivity contribution in [3.8, 4) is 0 Å². The van der Waals surface area contributed by atoms with Crippen LogP contribution in [-0.4, -0.2) is 83.9 Å². The Kier molecular flexibility index (Phi) is 16.4. The number of nitrogens with zero attached hydrogens (tertiary/aromatic N) is 1. The van der Waals surface area contributed by atoms with Crippen LogP contribution in [0, 0.1) is 0 Å². The van der Waals surface area contributed by atoms with Crippen molar-refractivity contribution in [1.82, 2.24) is 15.5 Å². The van der Waals surface area contributed by atoms with E-state index in [-0.39, 0.29) is 24.2 Å². The molecule has 1 aliphatic rings. The van der Waals surface area contributed by atoms with E-state index < -0.39 is 30.1 Å². The summed E-state index contributed by atoms with van der Waals surface area (Å²) < 4.78 is 5.30. The van der Waals surface area contributed by atoms with Gasteiger partial charge in [-0.1, -0.05) is 30.3 Å². The molecule has 0 radical (unpaired) electrons. The molecule has 0 spiro atoms. The number of carbonyl (C=O) groups is 5. The second kappa shape index (κ2) is 19.7. The van der Waals surface area contributed by atoms with Gasteiger partial charge in [0.2, 0.25) is 11.8 Å². The number of likely N-dealkylation sites (tertiary alicyclic amines) is 1. The fourth-order valence-corrected chi connectivity index (χ4v) is 5.16. The van der Waals surface area contributed by atoms with E-state index >= 15 is 0 Å². The Balaban J connectivity index is 1.95. The third-order valence-electron chi connectivity index (χ3n) is 7.43. The molecule has 0 bridgehead atoms. The van der Waals surface area contributed by atoms with E-state index in [9.17, 15) is 29.1 Å². The minimum Gasteiger partial charge on any atom is -0.480 e. The number of carboxylic acid groups (broad SMARTS) is 1. The van der Waals surface area contributed by atoms with Gasteiger partial charge >= 0.3 is 11.9 Å². The first-order chi connectivity index (χ1) is 20.3. The number of nitrogens with two attached hydrogens (primary N) is 1. The molecule has 1 unspecified atom stereocenters. The van der Waals surface area contributed by atoms with Gasteiger partial charge in [-0.25, -0.2) is 4.79 Å². The molecule has 1 aliphatic heterocycles. The number of ether oxygens (including phenoxy) is 1. The van der Waals surface area contributed by atoms with Crippen LogP contribution in [0.4, 0.5) is 0 Å². The summed E-state index contributed by atoms with van der Waals surface area (Å²) in [5, 5.41) is 15.7. The van der Waals surface area contributed by atoms with Gasteiger partial charge in [0, 0.05) is 32.4 Å². The van der Waals surface area contributed by atoms with Gasteiger partial charge in [-0.3, -0.25) is 24.5 Å². The zero-order valence-electron chi connectivity index (χ0n) is 24.9. The van der Waals surface area contributed by atoms with Crippen LogP contribution in [0.2, 0.25) is 0 Å². The number of unbranched alkanes of at least 4 members (excludes halogenated alkanes) is 2. The predicted octanol–water partition coefficient (Wildman–Crippen LogP) is 2.35. The Labute approximate surface area is 248 Å². The van der Waals surface area contributed by atoms with Crippen molar-refractivity contribution in [1.29, 1.82) is 0 Å². The van der Waals surface area contributed by atoms with Crippen molar-refractivity contribution in [2.45, 2.75) is 102 Å². The van der Waals surface area contributed by atoms with Crippen molar-refractivity contribution in [2.24, 2.45) is 5.73 Å². The second-order valence-corrected chi connectivity index (χ2v) is 10.7. The van der Waals surface area contributed by atoms with Gasteiger partial charge in [0.15, 0.2) is 0 Å². The molecular formula is C31H48N4O7. The molecule has 1 aromatic carbocycles. The third-order valence-corrected chi connectivity index (χ3v) is 7.43. The number of hydrogen-bond donors (Lipinski definition) is 4. The van der Waals surface area contributed by atoms with Crippen LogP contribution in [0.5, 0.6) is 0 Å². The number of carboxylic acids is 1. The van der Waals surface area contributed by atoms with Crippen molar-refractivity contribution in [3.05, 3.63) is 35.9 Å². The molecule has 0 aromatic heterocycles. The summed E-state index contributed by atoms with van der Waals surface area (Å²) in [4.78, 5) is 63.4. The molecular weight excluding hydrogens is 540 g/mol. The Hall–Kier alpha value is -3.31. The molecule has 11 nitrogen and oxygen atoms in total. The average molecular weight is 589 g/mol. The maximum Gasteiger partial charge on any atom is 0.326 e. The number of nitrogens with one attached hydrogen (secondary N) is 2. The van der Waals surface area contributed by atoms with E-state index in [1.54, 1.807) is 6.92 Å². The van der Waals surface area contributed by atoms with Crippen molar-refractivity contribution in [3.63, 3.8) is 0 Å². The standard InChI is InChI=1S/C31H48N4O7/c1-2-42-31(41)26(18-17-23-11-4-3-5-12-23)34-25(29(38)35-22-10-15-27(35)30(39)40)14-8-9-21-33-28(37)16-7-6-13-24(36)19-20-32/h3-5,11-12,25-27,34H,2,6-10,13-22,32H2,1H3,(H,33,37)(H,39,40)/t25-,26?,27+/m0/s1. The van der Waals surface area contributed by atoms with Gasteiger partial charge in [-0.2, -0.15) is 0 Å². The number of benzene rings is 1. The topological polar surface area (TPSA) is 168 Å². The fourth-order valence-electron chi connectivity index (χ4n) is 5.16. The number of Topliss-reactive ketones (excluding diaryl/α,β-unsaturated/α-hetero) is 1. The van der Waals surface area contributed by atoms with Gasteiger partial charge in [0.05, 0.1) is 12.6 Å². The number of esters is 1. The van der Waals surface area contributed by atoms with E-state index in [1.165, 1.54) is 4.90 Å². The fraction of sp³-hybridized carbons (Fsp3) is 0.645. The summed E-state index contributed by atoms with van der Waals surface area (Å²) >= 11 is 0. The molecule has 2 amide bonds. The van der Waals surface area contributed by atoms with Gasteiger partial charge in [-0.15, -0.1) is 0 Å². The molecule has 11 heteroatoms. The molecule has 5 N–H and O–H groups in total. The third kappa shape index (κ3) is 12.7. The monoisotopic (exact) mass is 588 g/mol. The molecule has 3 atom stereocenters. The maximum absolute atomic E-state index is 13.6. The molecule has 1 aromatic rings. The highest BCUT2D eigenvalue weighted by molar-refractivity contribution is 5.88. The molecule has 0 saturated carbocycles. The molecule has 1 saturated heterocycles. The summed E-state index contributed by atoms with van der Waals surface area (Å²) in [5.41, 5.74) is 6.43. The van der Waals surface area contributed by atoms with E-state index in [0.717, 1.165) is 5.56 Å². The number of rotatable bonds is 21. The van der Waals surface area contributed by atoms with E-state index in [4.69, 9.17) is 10.5 Å². The molecule has 42 heavy (non-hydrogen) atoms. The van der Waals surface area contributed by atoms with Crippen molar-refractivity contribution < 1.29 is 33.8 Å². The van der Waals surface area contributed by atoms with E-state index in [0.29, 0.717) is 96.7 Å². The Bertz CT molecular complexity index is 1000. The summed E-state index contributed by atoms with van der Waals surface area (Å²) in [6.45, 7) is 3.07. The van der Waals surface area contributed by atoms with Crippen LogP contribution in [0.3, 0.4) is 0 Å². The van der Waals surface area contributed by atoms with E-state index in [1.807, 2.05) is 30.3 Å². The first-order valence-corrected chi connectivity index (χ1v) is 15.2. The lowest BCUT2D eigenvalue weighted by Crippen LogP contribution is -2.54. The Morgan fingerprint density at radius 3 is 2.43 bits per heavy atom. The number of amides is 2. The normalized spacial score (nSPS) is 16.0. The number of aliphatic carboxylic acids is 1. The minimum atomic E-state index is -1.03. The number of carbonyl (C=O) groups excluding carboxylic acids is 4. The highest BCUT2D eigenvalue weighted by Gasteiger charge is 2.38. The summed E-state index contributed by atoms with van der Waals surface area (Å²) in [5.74, 6) is -1.78. The number of hydrogen-bond acceptors (Lipinski definition) is 8. The zero-order chi connectivity index (χ0) is 30.7. The van der Waals surface area contributed by atoms with Gasteiger partial charge in [0.25, 0.3) is 0 Å². The maximum atomic E-state index is 13.6. The smallest absolute Gasteiger partial charge is 0.326 e. The van der Waals surface area contributed by atoms with Crippen LogP contribution in [-0.2, 0) is 35.1 Å². The summed E-state index contributed by atoms with van der Waals surface area (Å²) in [6.07, 6.45) is 6.03. The predicted molar refractivity (Wildman–Crippen MR) is 158 cm³/mol. The highest BCUT2D eigenvalue weighted by Crippen LogP contribution is 2.20. The van der Waals surface area contributed by atoms with Crippen LogP contribution < -0.4 is 16.4 Å². The molecule has 0 aliphatic carbocycles. The minimum absolute atomic E-state index is 0.0864. The molecule has 234 valence electrons. The number of aryl methyl sites for hydroxylation is 1. The quantitative estimate of drug-likeness (QED) is 0.124. The lowest BCUT2D eigenvalue weighted by Gasteiger charge is -2.30. The SMILES string of the molecule is CCOC(=O)C(CCc1ccccc1)N[C@@H](CCCCNC(=O)CCCCC(=O)CCN)C(=O)N1CCC[C@@H]1C(=O)O. The lowest BCUT2D eigenvalue weighted by molar-refractivity contribution is -0.150. The molecule has 2 rings (SSSR count). The van der Waals surface area contributed by atoms with Crippen molar-refractivity contribution >= 4 is 29.5 Å².